The molecule has 0 aliphatic carbocycles. The van der Waals surface area contributed by atoms with Crippen LogP contribution in [0.15, 0.2) is 41.0 Å². The topological polar surface area (TPSA) is 42.2 Å². The highest BCUT2D eigenvalue weighted by Crippen LogP contribution is 2.09. The molecular formula is C13H12FNO2. The number of aryl methyl sites for hydroxylation is 1. The molecule has 4 heteroatoms. The number of hydrogen-bond donors (Lipinski definition) is 1. The molecule has 0 radical (unpaired) electrons. The minimum atomic E-state index is -0.286. The van der Waals surface area contributed by atoms with Crippen molar-refractivity contribution in [2.75, 3.05) is 0 Å². The molecule has 1 heterocycles. The Kier molecular flexibility index (Phi) is 3.23. The number of rotatable bonds is 3. The van der Waals surface area contributed by atoms with Crippen LogP contribution in [-0.2, 0) is 6.54 Å². The van der Waals surface area contributed by atoms with E-state index in [4.69, 9.17) is 4.42 Å². The lowest BCUT2D eigenvalue weighted by Gasteiger charge is -2.04. The number of furan rings is 1. The van der Waals surface area contributed by atoms with Crippen molar-refractivity contribution in [3.05, 3.63) is 59.3 Å². The van der Waals surface area contributed by atoms with Crippen LogP contribution < -0.4 is 5.32 Å². The van der Waals surface area contributed by atoms with Crippen LogP contribution in [0.3, 0.4) is 0 Å². The number of amides is 1. The van der Waals surface area contributed by atoms with Gasteiger partial charge < -0.3 is 9.73 Å². The molecule has 0 aliphatic heterocycles. The Bertz CT molecular complexity index is 516. The molecule has 0 aliphatic rings. The summed E-state index contributed by atoms with van der Waals surface area (Å²) in [7, 11) is 0. The van der Waals surface area contributed by atoms with Crippen molar-refractivity contribution in [3.8, 4) is 0 Å². The molecule has 0 saturated carbocycles. The Morgan fingerprint density at radius 1 is 1.29 bits per heavy atom. The molecule has 0 unspecified atom stereocenters. The molecular weight excluding hydrogens is 221 g/mol. The van der Waals surface area contributed by atoms with Crippen molar-refractivity contribution < 1.29 is 13.6 Å². The third-order valence-corrected chi connectivity index (χ3v) is 2.47. The fraction of sp³-hybridized carbons (Fsp3) is 0.154. The van der Waals surface area contributed by atoms with Gasteiger partial charge in [-0.15, -0.1) is 0 Å². The van der Waals surface area contributed by atoms with Crippen molar-refractivity contribution >= 4 is 5.91 Å². The average Bonchev–Trinajstić information content (AvgIpc) is 2.74. The van der Waals surface area contributed by atoms with Gasteiger partial charge in [0.25, 0.3) is 5.91 Å². The zero-order valence-corrected chi connectivity index (χ0v) is 9.37. The largest absolute Gasteiger partial charge is 0.469 e. The van der Waals surface area contributed by atoms with Crippen molar-refractivity contribution in [1.29, 1.82) is 0 Å². The summed E-state index contributed by atoms with van der Waals surface area (Å²) >= 11 is 0. The van der Waals surface area contributed by atoms with Crippen molar-refractivity contribution in [1.82, 2.24) is 5.32 Å². The Morgan fingerprint density at radius 2 is 2.00 bits per heavy atom. The van der Waals surface area contributed by atoms with Gasteiger partial charge in [0.05, 0.1) is 11.8 Å². The fourth-order valence-electron chi connectivity index (χ4n) is 1.50. The molecule has 0 spiro atoms. The molecule has 0 bridgehead atoms. The molecule has 0 atom stereocenters. The second kappa shape index (κ2) is 4.82. The number of hydrogen-bond acceptors (Lipinski definition) is 2. The number of carbonyl (C=O) groups excluding carboxylic acids is 1. The summed E-state index contributed by atoms with van der Waals surface area (Å²) < 4.78 is 17.7. The van der Waals surface area contributed by atoms with Crippen molar-refractivity contribution in [3.63, 3.8) is 0 Å². The van der Waals surface area contributed by atoms with Gasteiger partial charge in [-0.3, -0.25) is 4.79 Å². The standard InChI is InChI=1S/C13H12FNO2/c1-9-12(6-7-17-9)13(16)15-8-10-2-4-11(14)5-3-10/h2-7H,8H2,1H3,(H,15,16). The molecule has 17 heavy (non-hydrogen) atoms. The molecule has 88 valence electrons. The Hall–Kier alpha value is -2.10. The van der Waals surface area contributed by atoms with E-state index >= 15 is 0 Å². The summed E-state index contributed by atoms with van der Waals surface area (Å²) in [6.45, 7) is 2.09. The van der Waals surface area contributed by atoms with E-state index in [0.29, 0.717) is 17.9 Å². The molecule has 0 fully saturated rings. The van der Waals surface area contributed by atoms with Crippen LogP contribution in [0.4, 0.5) is 4.39 Å². The van der Waals surface area contributed by atoms with Gasteiger partial charge in [0.15, 0.2) is 0 Å². The van der Waals surface area contributed by atoms with Gasteiger partial charge in [-0.2, -0.15) is 0 Å². The first-order chi connectivity index (χ1) is 8.16. The highest BCUT2D eigenvalue weighted by Gasteiger charge is 2.10. The molecule has 0 saturated heterocycles. The predicted molar refractivity (Wildman–Crippen MR) is 61.0 cm³/mol. The fourth-order valence-corrected chi connectivity index (χ4v) is 1.50. The summed E-state index contributed by atoms with van der Waals surface area (Å²) in [5.74, 6) is 0.105. The van der Waals surface area contributed by atoms with E-state index in [1.807, 2.05) is 0 Å². The third-order valence-electron chi connectivity index (χ3n) is 2.47. The van der Waals surface area contributed by atoms with E-state index in [2.05, 4.69) is 5.32 Å². The van der Waals surface area contributed by atoms with Gasteiger partial charge >= 0.3 is 0 Å². The first-order valence-corrected chi connectivity index (χ1v) is 5.23. The summed E-state index contributed by atoms with van der Waals surface area (Å²) in [5.41, 5.74) is 1.37. The molecule has 1 N–H and O–H groups in total. The summed E-state index contributed by atoms with van der Waals surface area (Å²) in [6, 6.07) is 7.63. The van der Waals surface area contributed by atoms with Gasteiger partial charge in [0.2, 0.25) is 0 Å². The molecule has 2 rings (SSSR count). The van der Waals surface area contributed by atoms with Gasteiger partial charge in [-0.25, -0.2) is 4.39 Å². The predicted octanol–water partition coefficient (Wildman–Crippen LogP) is 2.66. The van der Waals surface area contributed by atoms with E-state index in [0.717, 1.165) is 5.56 Å². The molecule has 1 aromatic carbocycles. The second-order valence-corrected chi connectivity index (χ2v) is 3.70. The second-order valence-electron chi connectivity index (χ2n) is 3.70. The number of nitrogens with one attached hydrogen (secondary N) is 1. The van der Waals surface area contributed by atoms with Crippen LogP contribution in [0.2, 0.25) is 0 Å². The molecule has 1 amide bonds. The smallest absolute Gasteiger partial charge is 0.255 e. The van der Waals surface area contributed by atoms with Crippen LogP contribution in [0, 0.1) is 12.7 Å². The highest BCUT2D eigenvalue weighted by atomic mass is 19.1. The SMILES string of the molecule is Cc1occc1C(=O)NCc1ccc(F)cc1. The first-order valence-electron chi connectivity index (χ1n) is 5.23. The lowest BCUT2D eigenvalue weighted by atomic mass is 10.2. The van der Waals surface area contributed by atoms with E-state index in [-0.39, 0.29) is 11.7 Å². The average molecular weight is 233 g/mol. The van der Waals surface area contributed by atoms with E-state index in [1.54, 1.807) is 25.1 Å². The number of benzene rings is 1. The van der Waals surface area contributed by atoms with Gasteiger partial charge in [-0.05, 0) is 30.7 Å². The van der Waals surface area contributed by atoms with Crippen molar-refractivity contribution in [2.45, 2.75) is 13.5 Å². The van der Waals surface area contributed by atoms with Crippen LogP contribution in [0.1, 0.15) is 21.7 Å². The van der Waals surface area contributed by atoms with Crippen LogP contribution in [0.25, 0.3) is 0 Å². The number of carbonyl (C=O) groups is 1. The third kappa shape index (κ3) is 2.72. The zero-order valence-electron chi connectivity index (χ0n) is 9.37. The van der Waals surface area contributed by atoms with Gasteiger partial charge in [0.1, 0.15) is 11.6 Å². The maximum atomic E-state index is 12.7. The highest BCUT2D eigenvalue weighted by molar-refractivity contribution is 5.94. The van der Waals surface area contributed by atoms with Crippen LogP contribution >= 0.6 is 0 Å². The first kappa shape index (κ1) is 11.4. The van der Waals surface area contributed by atoms with E-state index in [9.17, 15) is 9.18 Å². The lowest BCUT2D eigenvalue weighted by molar-refractivity contribution is 0.0949. The van der Waals surface area contributed by atoms with Crippen LogP contribution in [-0.4, -0.2) is 5.91 Å². The minimum Gasteiger partial charge on any atom is -0.469 e. The lowest BCUT2D eigenvalue weighted by Crippen LogP contribution is -2.22. The van der Waals surface area contributed by atoms with Gasteiger partial charge in [-0.1, -0.05) is 12.1 Å². The Balaban J connectivity index is 1.97. The van der Waals surface area contributed by atoms with E-state index in [1.165, 1.54) is 18.4 Å². The van der Waals surface area contributed by atoms with Crippen LogP contribution in [0.5, 0.6) is 0 Å². The maximum absolute atomic E-state index is 12.7. The summed E-state index contributed by atoms with van der Waals surface area (Å²) in [4.78, 5) is 11.7. The van der Waals surface area contributed by atoms with E-state index < -0.39 is 0 Å². The molecule has 2 aromatic rings. The van der Waals surface area contributed by atoms with Crippen molar-refractivity contribution in [2.24, 2.45) is 0 Å². The monoisotopic (exact) mass is 233 g/mol. The quantitative estimate of drug-likeness (QED) is 0.885. The summed E-state index contributed by atoms with van der Waals surface area (Å²) in [6.07, 6.45) is 1.47. The minimum absolute atomic E-state index is 0.194. The Labute approximate surface area is 98.3 Å². The molecule has 3 nitrogen and oxygen atoms in total. The normalized spacial score (nSPS) is 10.2. The molecule has 1 aromatic heterocycles. The maximum Gasteiger partial charge on any atom is 0.255 e. The Morgan fingerprint density at radius 3 is 2.59 bits per heavy atom. The van der Waals surface area contributed by atoms with Gasteiger partial charge in [0, 0.05) is 6.54 Å². The zero-order chi connectivity index (χ0) is 12.3. The summed E-state index contributed by atoms with van der Waals surface area (Å²) in [5, 5.41) is 2.74. The number of halogens is 1.